The quantitative estimate of drug-likeness (QED) is 0.652. The van der Waals surface area contributed by atoms with Gasteiger partial charge in [-0.1, -0.05) is 0 Å². The Morgan fingerprint density at radius 2 is 2.44 bits per heavy atom. The van der Waals surface area contributed by atoms with E-state index >= 15 is 0 Å². The summed E-state index contributed by atoms with van der Waals surface area (Å²) in [6, 6.07) is 0.299. The molecule has 1 aliphatic rings. The molecule has 1 aromatic rings. The Kier molecular flexibility index (Phi) is 3.85. The van der Waals surface area contributed by atoms with Gasteiger partial charge in [0.2, 0.25) is 11.8 Å². The van der Waals surface area contributed by atoms with Crippen molar-refractivity contribution in [1.29, 1.82) is 0 Å². The molecule has 18 heavy (non-hydrogen) atoms. The Morgan fingerprint density at radius 1 is 1.67 bits per heavy atom. The van der Waals surface area contributed by atoms with Gasteiger partial charge in [-0.15, -0.1) is 0 Å². The Hall–Kier alpha value is -1.57. The lowest BCUT2D eigenvalue weighted by Gasteiger charge is -2.24. The molecular weight excluding hydrogens is 254 g/mol. The normalized spacial score (nSPS) is 18.7. The van der Waals surface area contributed by atoms with Crippen LogP contribution in [0.1, 0.15) is 6.42 Å². The number of hydrogen-bond donors (Lipinski definition) is 1. The van der Waals surface area contributed by atoms with Crippen LogP contribution in [-0.2, 0) is 0 Å². The number of aromatic nitrogens is 2. The summed E-state index contributed by atoms with van der Waals surface area (Å²) in [4.78, 5) is 20.6. The van der Waals surface area contributed by atoms with Crippen molar-refractivity contribution in [2.24, 2.45) is 0 Å². The first-order valence-electron chi connectivity index (χ1n) is 5.63. The monoisotopic (exact) mass is 269 g/mol. The molecule has 1 N–H and O–H groups in total. The number of hydrogen-bond acceptors (Lipinski definition) is 7. The second-order valence-electron chi connectivity index (χ2n) is 4.04. The van der Waals surface area contributed by atoms with E-state index in [1.807, 2.05) is 23.7 Å². The SMILES string of the molecule is CNc1ncc([N+](=O)[O-])c(N(C)C2CCSC2)n1. The molecular formula is C10H15N5O2S. The zero-order valence-corrected chi connectivity index (χ0v) is 11.1. The first-order valence-corrected chi connectivity index (χ1v) is 6.78. The van der Waals surface area contributed by atoms with Gasteiger partial charge in [-0.25, -0.2) is 4.98 Å². The van der Waals surface area contributed by atoms with E-state index in [1.54, 1.807) is 7.05 Å². The van der Waals surface area contributed by atoms with Crippen molar-refractivity contribution in [2.45, 2.75) is 12.5 Å². The van der Waals surface area contributed by atoms with Crippen molar-refractivity contribution in [3.8, 4) is 0 Å². The predicted molar refractivity (Wildman–Crippen MR) is 72.4 cm³/mol. The lowest BCUT2D eigenvalue weighted by molar-refractivity contribution is -0.384. The highest BCUT2D eigenvalue weighted by Gasteiger charge is 2.27. The molecule has 1 fully saturated rings. The van der Waals surface area contributed by atoms with Crippen molar-refractivity contribution in [2.75, 3.05) is 35.8 Å². The van der Waals surface area contributed by atoms with Crippen molar-refractivity contribution in [3.05, 3.63) is 16.3 Å². The highest BCUT2D eigenvalue weighted by molar-refractivity contribution is 7.99. The van der Waals surface area contributed by atoms with Gasteiger partial charge in [0.25, 0.3) is 0 Å². The van der Waals surface area contributed by atoms with Crippen LogP contribution in [0.5, 0.6) is 0 Å². The lowest BCUT2D eigenvalue weighted by Crippen LogP contribution is -2.32. The zero-order chi connectivity index (χ0) is 13.1. The van der Waals surface area contributed by atoms with Crippen molar-refractivity contribution in [1.82, 2.24) is 9.97 Å². The van der Waals surface area contributed by atoms with Crippen LogP contribution in [0.25, 0.3) is 0 Å². The first kappa shape index (κ1) is 12.9. The largest absolute Gasteiger partial charge is 0.357 e. The van der Waals surface area contributed by atoms with Crippen LogP contribution < -0.4 is 10.2 Å². The minimum Gasteiger partial charge on any atom is -0.357 e. The molecule has 8 heteroatoms. The van der Waals surface area contributed by atoms with Gasteiger partial charge in [0.1, 0.15) is 6.20 Å². The fourth-order valence-electron chi connectivity index (χ4n) is 1.88. The molecule has 0 spiro atoms. The van der Waals surface area contributed by atoms with Crippen LogP contribution in [0.4, 0.5) is 17.5 Å². The third-order valence-corrected chi connectivity index (χ3v) is 4.10. The van der Waals surface area contributed by atoms with Crippen LogP contribution >= 0.6 is 11.8 Å². The van der Waals surface area contributed by atoms with E-state index in [0.717, 1.165) is 17.9 Å². The smallest absolute Gasteiger partial charge is 0.329 e. The number of nitrogens with zero attached hydrogens (tertiary/aromatic N) is 4. The molecule has 1 unspecified atom stereocenters. The average Bonchev–Trinajstić information content (AvgIpc) is 2.90. The van der Waals surface area contributed by atoms with Gasteiger partial charge < -0.3 is 10.2 Å². The molecule has 0 bridgehead atoms. The molecule has 1 saturated heterocycles. The average molecular weight is 269 g/mol. The molecule has 0 radical (unpaired) electrons. The summed E-state index contributed by atoms with van der Waals surface area (Å²) in [5.74, 6) is 2.85. The van der Waals surface area contributed by atoms with Crippen LogP contribution in [0.2, 0.25) is 0 Å². The van der Waals surface area contributed by atoms with Gasteiger partial charge in [-0.05, 0) is 12.2 Å². The maximum absolute atomic E-state index is 11.0. The highest BCUT2D eigenvalue weighted by atomic mass is 32.2. The molecule has 1 aromatic heterocycles. The Balaban J connectivity index is 2.35. The zero-order valence-electron chi connectivity index (χ0n) is 10.3. The highest BCUT2D eigenvalue weighted by Crippen LogP contribution is 2.30. The van der Waals surface area contributed by atoms with Crippen molar-refractivity contribution in [3.63, 3.8) is 0 Å². The van der Waals surface area contributed by atoms with Gasteiger partial charge in [-0.3, -0.25) is 10.1 Å². The van der Waals surface area contributed by atoms with Crippen molar-refractivity contribution >= 4 is 29.2 Å². The number of anilines is 2. The lowest BCUT2D eigenvalue weighted by atomic mass is 10.2. The number of nitro groups is 1. The summed E-state index contributed by atoms with van der Waals surface area (Å²) in [6.45, 7) is 0. The molecule has 0 saturated carbocycles. The molecule has 7 nitrogen and oxygen atoms in total. The van der Waals surface area contributed by atoms with Gasteiger partial charge in [0, 0.05) is 25.9 Å². The fraction of sp³-hybridized carbons (Fsp3) is 0.600. The Labute approximate surface area is 109 Å². The standard InChI is InChI=1S/C10H15N5O2S/c1-11-10-12-5-8(15(16)17)9(13-10)14(2)7-3-4-18-6-7/h5,7H,3-4,6H2,1-2H3,(H,11,12,13). The van der Waals surface area contributed by atoms with E-state index in [0.29, 0.717) is 17.8 Å². The topological polar surface area (TPSA) is 84.2 Å². The molecule has 1 atom stereocenters. The van der Waals surface area contributed by atoms with Gasteiger partial charge >= 0.3 is 5.69 Å². The second kappa shape index (κ2) is 5.38. The van der Waals surface area contributed by atoms with E-state index in [2.05, 4.69) is 15.3 Å². The van der Waals surface area contributed by atoms with Crippen LogP contribution in [0, 0.1) is 10.1 Å². The molecule has 0 aliphatic carbocycles. The molecule has 0 aromatic carbocycles. The third kappa shape index (κ3) is 2.47. The van der Waals surface area contributed by atoms with Crippen LogP contribution in [0.3, 0.4) is 0 Å². The summed E-state index contributed by atoms with van der Waals surface area (Å²) in [5, 5.41) is 13.8. The van der Waals surface area contributed by atoms with E-state index in [-0.39, 0.29) is 5.69 Å². The predicted octanol–water partition coefficient (Wildman–Crippen LogP) is 1.37. The molecule has 2 heterocycles. The first-order chi connectivity index (χ1) is 8.63. The fourth-order valence-corrected chi connectivity index (χ4v) is 3.14. The van der Waals surface area contributed by atoms with Gasteiger partial charge in [0.15, 0.2) is 0 Å². The maximum atomic E-state index is 11.0. The molecule has 1 aliphatic heterocycles. The molecule has 0 amide bonds. The number of nitrogens with one attached hydrogen (secondary N) is 1. The summed E-state index contributed by atoms with van der Waals surface area (Å²) < 4.78 is 0. The van der Waals surface area contributed by atoms with Crippen molar-refractivity contribution < 1.29 is 4.92 Å². The van der Waals surface area contributed by atoms with Crippen LogP contribution in [0.15, 0.2) is 6.20 Å². The van der Waals surface area contributed by atoms with Gasteiger partial charge in [0.05, 0.1) is 4.92 Å². The molecule has 98 valence electrons. The minimum absolute atomic E-state index is 0.0478. The molecule has 2 rings (SSSR count). The number of rotatable bonds is 4. The van der Waals surface area contributed by atoms with E-state index in [9.17, 15) is 10.1 Å². The summed E-state index contributed by atoms with van der Waals surface area (Å²) >= 11 is 1.86. The van der Waals surface area contributed by atoms with Crippen LogP contribution in [-0.4, -0.2) is 46.5 Å². The summed E-state index contributed by atoms with van der Waals surface area (Å²) in [6.07, 6.45) is 2.28. The number of thioether (sulfide) groups is 1. The Bertz CT molecular complexity index is 450. The minimum atomic E-state index is -0.437. The third-order valence-electron chi connectivity index (χ3n) is 2.96. The summed E-state index contributed by atoms with van der Waals surface area (Å²) in [5.41, 5.74) is -0.0478. The van der Waals surface area contributed by atoms with E-state index in [1.165, 1.54) is 6.20 Å². The Morgan fingerprint density at radius 3 is 3.00 bits per heavy atom. The summed E-state index contributed by atoms with van der Waals surface area (Å²) in [7, 11) is 3.54. The van der Waals surface area contributed by atoms with E-state index in [4.69, 9.17) is 0 Å². The van der Waals surface area contributed by atoms with E-state index < -0.39 is 4.92 Å². The maximum Gasteiger partial charge on any atom is 0.329 e. The van der Waals surface area contributed by atoms with Gasteiger partial charge in [-0.2, -0.15) is 16.7 Å². The second-order valence-corrected chi connectivity index (χ2v) is 5.19.